The van der Waals surface area contributed by atoms with Crippen molar-refractivity contribution in [1.82, 2.24) is 15.5 Å². The SMILES string of the molecule is CCCCS(=O)(=O)Cc1cccc(CC(=O)N/C([NH3+])=C/C=C(\N)CCCCc2nnc(NC(=O)Cc3ccccc3)s2)c1. The largest absolute Gasteiger partial charge is 0.402 e. The zero-order chi connectivity index (χ0) is 31.1. The van der Waals surface area contributed by atoms with Crippen LogP contribution in [0.15, 0.2) is 78.3 Å². The van der Waals surface area contributed by atoms with Crippen LogP contribution in [0.1, 0.15) is 60.7 Å². The highest BCUT2D eigenvalue weighted by atomic mass is 32.2. The predicted molar refractivity (Wildman–Crippen MR) is 170 cm³/mol. The first-order valence-electron chi connectivity index (χ1n) is 14.3. The van der Waals surface area contributed by atoms with Gasteiger partial charge >= 0.3 is 0 Å². The molecular weight excluding hydrogens is 585 g/mol. The summed E-state index contributed by atoms with van der Waals surface area (Å²) in [6.45, 7) is 1.96. The Hall–Kier alpha value is -3.87. The van der Waals surface area contributed by atoms with Gasteiger partial charge in [0, 0.05) is 18.2 Å². The molecule has 0 aliphatic rings. The van der Waals surface area contributed by atoms with E-state index in [-0.39, 0.29) is 36.2 Å². The van der Waals surface area contributed by atoms with Gasteiger partial charge in [-0.3, -0.25) is 14.9 Å². The molecule has 0 saturated heterocycles. The van der Waals surface area contributed by atoms with Crippen LogP contribution >= 0.6 is 11.3 Å². The number of carbonyl (C=O) groups excluding carboxylic acids is 2. The molecule has 0 unspecified atom stereocenters. The number of allylic oxidation sites excluding steroid dienone is 3. The third-order valence-electron chi connectivity index (χ3n) is 6.38. The number of nitrogens with zero attached hydrogens (tertiary/aromatic N) is 2. The zero-order valence-corrected chi connectivity index (χ0v) is 26.2. The highest BCUT2D eigenvalue weighted by Gasteiger charge is 2.13. The van der Waals surface area contributed by atoms with Crippen LogP contribution < -0.4 is 22.1 Å². The topological polar surface area (TPSA) is 172 Å². The van der Waals surface area contributed by atoms with Gasteiger partial charge in [-0.1, -0.05) is 79.3 Å². The molecule has 1 aromatic heterocycles. The number of hydrogen-bond donors (Lipinski definition) is 4. The molecule has 0 aliphatic carbocycles. The van der Waals surface area contributed by atoms with Crippen LogP contribution in [0, 0.1) is 0 Å². The standard InChI is InChI=1S/C31H40N6O4S2/c1-2-3-18-43(40,41)22-25-13-9-12-24(19-25)21-28(38)34-27(33)17-16-26(32)14-7-8-15-30-36-37-31(42-30)35-29(39)20-23-10-5-4-6-11-23/h4-6,9-13,16-17,19H,2-3,7-8,14-15,18,20-22,32-33H2,1H3,(H,34,38)(H,35,37,39)/p+1/b26-16-,27-17+. The van der Waals surface area contributed by atoms with Gasteiger partial charge in [-0.05, 0) is 48.4 Å². The number of unbranched alkanes of at least 4 members (excludes halogenated alkanes) is 2. The summed E-state index contributed by atoms with van der Waals surface area (Å²) >= 11 is 1.37. The highest BCUT2D eigenvalue weighted by Crippen LogP contribution is 2.18. The number of aromatic nitrogens is 2. The number of amides is 2. The van der Waals surface area contributed by atoms with E-state index >= 15 is 0 Å². The van der Waals surface area contributed by atoms with Crippen LogP contribution in [-0.4, -0.2) is 36.2 Å². The quantitative estimate of drug-likeness (QED) is 0.131. The Balaban J connectivity index is 1.36. The van der Waals surface area contributed by atoms with Crippen molar-refractivity contribution >= 4 is 38.1 Å². The normalized spacial score (nSPS) is 12.2. The maximum Gasteiger partial charge on any atom is 0.232 e. The number of nitrogens with one attached hydrogen (secondary N) is 2. The molecule has 10 nitrogen and oxygen atoms in total. The molecule has 0 fully saturated rings. The fraction of sp³-hybridized carbons (Fsp3) is 0.355. The molecule has 12 heteroatoms. The monoisotopic (exact) mass is 625 g/mol. The van der Waals surface area contributed by atoms with Crippen LogP contribution in [0.2, 0.25) is 0 Å². The molecular formula is C31H41N6O4S2+. The minimum Gasteiger partial charge on any atom is -0.402 e. The highest BCUT2D eigenvalue weighted by molar-refractivity contribution is 7.90. The van der Waals surface area contributed by atoms with Gasteiger partial charge < -0.3 is 16.8 Å². The summed E-state index contributed by atoms with van der Waals surface area (Å²) in [6.07, 6.45) is 8.37. The Kier molecular flexibility index (Phi) is 13.5. The van der Waals surface area contributed by atoms with Crippen LogP contribution in [0.25, 0.3) is 0 Å². The molecule has 0 spiro atoms. The average Bonchev–Trinajstić information content (AvgIpc) is 3.40. The number of anilines is 1. The number of sulfone groups is 1. The molecule has 2 amide bonds. The summed E-state index contributed by atoms with van der Waals surface area (Å²) in [6, 6.07) is 16.6. The molecule has 3 aromatic rings. The molecule has 3 rings (SSSR count). The summed E-state index contributed by atoms with van der Waals surface area (Å²) in [5.74, 6) is 0.193. The Bertz CT molecular complexity index is 1520. The number of benzene rings is 2. The molecule has 2 aromatic carbocycles. The van der Waals surface area contributed by atoms with Crippen molar-refractivity contribution in [2.75, 3.05) is 11.1 Å². The van der Waals surface area contributed by atoms with Gasteiger partial charge in [-0.25, -0.2) is 8.42 Å². The molecule has 0 bridgehead atoms. The molecule has 43 heavy (non-hydrogen) atoms. The van der Waals surface area contributed by atoms with E-state index in [1.807, 2.05) is 37.3 Å². The van der Waals surface area contributed by atoms with E-state index in [9.17, 15) is 18.0 Å². The Morgan fingerprint density at radius 2 is 1.65 bits per heavy atom. The van der Waals surface area contributed by atoms with Crippen molar-refractivity contribution in [3.05, 3.63) is 100.0 Å². The third-order valence-corrected chi connectivity index (χ3v) is 8.96. The van der Waals surface area contributed by atoms with Crippen LogP contribution in [0.5, 0.6) is 0 Å². The number of carbonyl (C=O) groups is 2. The average molecular weight is 626 g/mol. The van der Waals surface area contributed by atoms with Crippen LogP contribution in [-0.2, 0) is 44.4 Å². The summed E-state index contributed by atoms with van der Waals surface area (Å²) < 4.78 is 24.5. The van der Waals surface area contributed by atoms with Gasteiger partial charge in [0.15, 0.2) is 9.84 Å². The van der Waals surface area contributed by atoms with Gasteiger partial charge in [-0.15, -0.1) is 10.2 Å². The fourth-order valence-electron chi connectivity index (χ4n) is 4.22. The van der Waals surface area contributed by atoms with E-state index < -0.39 is 9.84 Å². The van der Waals surface area contributed by atoms with Gasteiger partial charge in [0.05, 0.1) is 24.3 Å². The first-order chi connectivity index (χ1) is 20.6. The van der Waals surface area contributed by atoms with Gasteiger partial charge in [0.2, 0.25) is 22.8 Å². The first kappa shape index (κ1) is 33.6. The number of rotatable bonds is 17. The van der Waals surface area contributed by atoms with Crippen molar-refractivity contribution in [2.24, 2.45) is 5.73 Å². The third kappa shape index (κ3) is 13.3. The lowest BCUT2D eigenvalue weighted by Gasteiger charge is -2.07. The minimum atomic E-state index is -3.17. The van der Waals surface area contributed by atoms with Gasteiger partial charge in [0.25, 0.3) is 0 Å². The summed E-state index contributed by atoms with van der Waals surface area (Å²) in [4.78, 5) is 24.7. The second kappa shape index (κ2) is 17.3. The van der Waals surface area contributed by atoms with Gasteiger partial charge in [0.1, 0.15) is 5.01 Å². The lowest BCUT2D eigenvalue weighted by atomic mass is 10.1. The second-order valence-electron chi connectivity index (χ2n) is 10.3. The molecule has 0 radical (unpaired) electrons. The van der Waals surface area contributed by atoms with E-state index in [1.165, 1.54) is 11.3 Å². The number of nitrogens with two attached hydrogens (primary N) is 1. The lowest BCUT2D eigenvalue weighted by molar-refractivity contribution is -0.310. The van der Waals surface area contributed by atoms with Crippen molar-refractivity contribution in [3.8, 4) is 0 Å². The molecule has 1 heterocycles. The van der Waals surface area contributed by atoms with Crippen LogP contribution in [0.3, 0.4) is 0 Å². The number of aryl methyl sites for hydroxylation is 1. The molecule has 230 valence electrons. The summed E-state index contributed by atoms with van der Waals surface area (Å²) in [5, 5.41) is 15.1. The summed E-state index contributed by atoms with van der Waals surface area (Å²) in [5.41, 5.74) is 13.0. The second-order valence-corrected chi connectivity index (χ2v) is 13.6. The minimum absolute atomic E-state index is 0.0256. The Morgan fingerprint density at radius 3 is 2.42 bits per heavy atom. The van der Waals surface area contributed by atoms with E-state index in [0.717, 1.165) is 41.8 Å². The summed E-state index contributed by atoms with van der Waals surface area (Å²) in [7, 11) is -3.17. The molecule has 7 N–H and O–H groups in total. The molecule has 0 atom stereocenters. The molecule has 0 aliphatic heterocycles. The van der Waals surface area contributed by atoms with E-state index in [2.05, 4.69) is 26.6 Å². The van der Waals surface area contributed by atoms with Crippen molar-refractivity contribution < 1.29 is 23.7 Å². The van der Waals surface area contributed by atoms with Crippen LogP contribution in [0.4, 0.5) is 5.13 Å². The van der Waals surface area contributed by atoms with Crippen molar-refractivity contribution in [3.63, 3.8) is 0 Å². The first-order valence-corrected chi connectivity index (χ1v) is 17.0. The Labute approximate surface area is 257 Å². The van der Waals surface area contributed by atoms with Crippen molar-refractivity contribution in [2.45, 2.75) is 64.0 Å². The number of hydrogen-bond acceptors (Lipinski definition) is 8. The Morgan fingerprint density at radius 1 is 0.930 bits per heavy atom. The van der Waals surface area contributed by atoms with E-state index in [0.29, 0.717) is 35.1 Å². The number of quaternary nitrogens is 1. The maximum atomic E-state index is 12.5. The molecule has 0 saturated carbocycles. The van der Waals surface area contributed by atoms with E-state index in [4.69, 9.17) is 5.73 Å². The zero-order valence-electron chi connectivity index (χ0n) is 24.6. The van der Waals surface area contributed by atoms with E-state index in [1.54, 1.807) is 36.4 Å². The smallest absolute Gasteiger partial charge is 0.232 e. The van der Waals surface area contributed by atoms with Crippen molar-refractivity contribution in [1.29, 1.82) is 0 Å². The lowest BCUT2D eigenvalue weighted by Crippen LogP contribution is -2.55. The predicted octanol–water partition coefficient (Wildman–Crippen LogP) is 3.43. The fourth-order valence-corrected chi connectivity index (χ4v) is 6.57. The maximum absolute atomic E-state index is 12.5. The van der Waals surface area contributed by atoms with Gasteiger partial charge in [-0.2, -0.15) is 0 Å².